The van der Waals surface area contributed by atoms with Crippen LogP contribution in [0.2, 0.25) is 0 Å². The minimum atomic E-state index is -0.0310. The highest BCUT2D eigenvalue weighted by molar-refractivity contribution is 5.95. The molecule has 0 fully saturated rings. The zero-order chi connectivity index (χ0) is 17.7. The van der Waals surface area contributed by atoms with Gasteiger partial charge in [-0.15, -0.1) is 0 Å². The second-order valence-electron chi connectivity index (χ2n) is 5.78. The molecule has 5 heteroatoms. The van der Waals surface area contributed by atoms with Crippen LogP contribution in [0.1, 0.15) is 15.9 Å². The van der Waals surface area contributed by atoms with Crippen molar-refractivity contribution in [2.24, 2.45) is 0 Å². The van der Waals surface area contributed by atoms with Crippen LogP contribution in [0.15, 0.2) is 42.5 Å². The molecule has 128 valence electrons. The Morgan fingerprint density at radius 1 is 1.00 bits per heavy atom. The average molecular weight is 328 g/mol. The summed E-state index contributed by atoms with van der Waals surface area (Å²) < 4.78 is 10.6. The SMILES string of the molecule is COc1ccc(CN(C)C(=O)c2cccc(N(C)C)c2)c(OC)c1. The molecule has 0 radical (unpaired) electrons. The second-order valence-corrected chi connectivity index (χ2v) is 5.78. The molecule has 0 unspecified atom stereocenters. The van der Waals surface area contributed by atoms with Crippen LogP contribution in [0, 0.1) is 0 Å². The van der Waals surface area contributed by atoms with Gasteiger partial charge in [-0.05, 0) is 30.3 Å². The maximum absolute atomic E-state index is 12.7. The van der Waals surface area contributed by atoms with Gasteiger partial charge in [-0.3, -0.25) is 4.79 Å². The van der Waals surface area contributed by atoms with E-state index in [-0.39, 0.29) is 5.91 Å². The standard InChI is InChI=1S/C19H24N2O3/c1-20(2)16-8-6-7-14(11-16)19(22)21(3)13-15-9-10-17(23-4)12-18(15)24-5/h6-12H,13H2,1-5H3. The molecule has 0 N–H and O–H groups in total. The van der Waals surface area contributed by atoms with Crippen molar-refractivity contribution in [3.8, 4) is 11.5 Å². The highest BCUT2D eigenvalue weighted by atomic mass is 16.5. The number of hydrogen-bond acceptors (Lipinski definition) is 4. The molecule has 5 nitrogen and oxygen atoms in total. The number of methoxy groups -OCH3 is 2. The Morgan fingerprint density at radius 3 is 2.38 bits per heavy atom. The highest BCUT2D eigenvalue weighted by Crippen LogP contribution is 2.26. The van der Waals surface area contributed by atoms with E-state index >= 15 is 0 Å². The number of nitrogens with zero attached hydrogens (tertiary/aromatic N) is 2. The second kappa shape index (κ2) is 7.73. The van der Waals surface area contributed by atoms with Crippen LogP contribution in [0.4, 0.5) is 5.69 Å². The van der Waals surface area contributed by atoms with Crippen molar-refractivity contribution >= 4 is 11.6 Å². The molecule has 2 aromatic carbocycles. The van der Waals surface area contributed by atoms with E-state index in [1.165, 1.54) is 0 Å². The number of carbonyl (C=O) groups excluding carboxylic acids is 1. The number of amides is 1. The van der Waals surface area contributed by atoms with Gasteiger partial charge in [-0.25, -0.2) is 0 Å². The predicted octanol–water partition coefficient (Wildman–Crippen LogP) is 3.04. The molecule has 2 aromatic rings. The third kappa shape index (κ3) is 3.98. The first-order chi connectivity index (χ1) is 11.5. The van der Waals surface area contributed by atoms with Crippen molar-refractivity contribution in [3.05, 3.63) is 53.6 Å². The number of rotatable bonds is 6. The summed E-state index contributed by atoms with van der Waals surface area (Å²) in [5, 5.41) is 0. The molecule has 0 aliphatic heterocycles. The minimum Gasteiger partial charge on any atom is -0.497 e. The Labute approximate surface area is 143 Å². The lowest BCUT2D eigenvalue weighted by Gasteiger charge is -2.20. The van der Waals surface area contributed by atoms with E-state index < -0.39 is 0 Å². The van der Waals surface area contributed by atoms with Gasteiger partial charge in [0.25, 0.3) is 5.91 Å². The van der Waals surface area contributed by atoms with Gasteiger partial charge in [0.05, 0.1) is 14.2 Å². The molecule has 0 aliphatic carbocycles. The minimum absolute atomic E-state index is 0.0310. The van der Waals surface area contributed by atoms with Crippen LogP contribution in [0.3, 0.4) is 0 Å². The van der Waals surface area contributed by atoms with E-state index in [4.69, 9.17) is 9.47 Å². The summed E-state index contributed by atoms with van der Waals surface area (Å²) >= 11 is 0. The van der Waals surface area contributed by atoms with Crippen LogP contribution in [0.5, 0.6) is 11.5 Å². The number of carbonyl (C=O) groups is 1. The third-order valence-electron chi connectivity index (χ3n) is 3.86. The molecule has 0 saturated heterocycles. The lowest BCUT2D eigenvalue weighted by molar-refractivity contribution is 0.0784. The number of ether oxygens (including phenoxy) is 2. The summed E-state index contributed by atoms with van der Waals surface area (Å²) in [4.78, 5) is 16.3. The van der Waals surface area contributed by atoms with Gasteiger partial charge < -0.3 is 19.3 Å². The first kappa shape index (κ1) is 17.7. The van der Waals surface area contributed by atoms with Crippen molar-refractivity contribution in [2.45, 2.75) is 6.54 Å². The molecule has 0 saturated carbocycles. The quantitative estimate of drug-likeness (QED) is 0.817. The topological polar surface area (TPSA) is 42.0 Å². The molecule has 2 rings (SSSR count). The van der Waals surface area contributed by atoms with E-state index in [0.717, 1.165) is 17.0 Å². The van der Waals surface area contributed by atoms with Gasteiger partial charge in [-0.2, -0.15) is 0 Å². The summed E-state index contributed by atoms with van der Waals surface area (Å²) in [6.45, 7) is 0.457. The molecule has 0 aromatic heterocycles. The number of hydrogen-bond donors (Lipinski definition) is 0. The highest BCUT2D eigenvalue weighted by Gasteiger charge is 2.15. The fourth-order valence-corrected chi connectivity index (χ4v) is 2.45. The lowest BCUT2D eigenvalue weighted by Crippen LogP contribution is -2.26. The molecule has 0 atom stereocenters. The van der Waals surface area contributed by atoms with E-state index in [2.05, 4.69) is 0 Å². The summed E-state index contributed by atoms with van der Waals surface area (Å²) in [5.74, 6) is 1.40. The van der Waals surface area contributed by atoms with Crippen molar-refractivity contribution in [1.82, 2.24) is 4.90 Å². The summed E-state index contributed by atoms with van der Waals surface area (Å²) in [6, 6.07) is 13.2. The fourth-order valence-electron chi connectivity index (χ4n) is 2.45. The maximum atomic E-state index is 12.7. The Morgan fingerprint density at radius 2 is 1.75 bits per heavy atom. The predicted molar refractivity (Wildman–Crippen MR) is 96.1 cm³/mol. The van der Waals surface area contributed by atoms with Crippen LogP contribution in [0.25, 0.3) is 0 Å². The molecule has 0 spiro atoms. The van der Waals surface area contributed by atoms with Crippen molar-refractivity contribution in [1.29, 1.82) is 0 Å². The molecule has 0 heterocycles. The summed E-state index contributed by atoms with van der Waals surface area (Å²) in [6.07, 6.45) is 0. The van der Waals surface area contributed by atoms with Crippen LogP contribution >= 0.6 is 0 Å². The molecular weight excluding hydrogens is 304 g/mol. The van der Waals surface area contributed by atoms with E-state index in [1.54, 1.807) is 26.2 Å². The fraction of sp³-hybridized carbons (Fsp3) is 0.316. The van der Waals surface area contributed by atoms with Crippen LogP contribution in [-0.4, -0.2) is 46.2 Å². The van der Waals surface area contributed by atoms with E-state index in [9.17, 15) is 4.79 Å². The molecule has 0 aliphatic rings. The van der Waals surface area contributed by atoms with Crippen molar-refractivity contribution in [3.63, 3.8) is 0 Å². The third-order valence-corrected chi connectivity index (χ3v) is 3.86. The summed E-state index contributed by atoms with van der Waals surface area (Å²) in [5.41, 5.74) is 2.59. The smallest absolute Gasteiger partial charge is 0.253 e. The van der Waals surface area contributed by atoms with E-state index in [0.29, 0.717) is 17.9 Å². The number of anilines is 1. The van der Waals surface area contributed by atoms with Crippen LogP contribution in [-0.2, 0) is 6.54 Å². The zero-order valence-electron chi connectivity index (χ0n) is 14.9. The molecule has 0 bridgehead atoms. The van der Waals surface area contributed by atoms with Gasteiger partial charge in [0.15, 0.2) is 0 Å². The maximum Gasteiger partial charge on any atom is 0.253 e. The van der Waals surface area contributed by atoms with Crippen LogP contribution < -0.4 is 14.4 Å². The van der Waals surface area contributed by atoms with Crippen molar-refractivity contribution in [2.75, 3.05) is 40.3 Å². The number of benzene rings is 2. The Hall–Kier alpha value is -2.69. The lowest BCUT2D eigenvalue weighted by atomic mass is 10.1. The van der Waals surface area contributed by atoms with Gasteiger partial charge in [-0.1, -0.05) is 6.07 Å². The van der Waals surface area contributed by atoms with Gasteiger partial charge in [0.1, 0.15) is 11.5 Å². The van der Waals surface area contributed by atoms with Gasteiger partial charge in [0, 0.05) is 50.6 Å². The Bertz CT molecular complexity index is 714. The largest absolute Gasteiger partial charge is 0.497 e. The summed E-state index contributed by atoms with van der Waals surface area (Å²) in [7, 11) is 8.92. The van der Waals surface area contributed by atoms with E-state index in [1.807, 2.05) is 61.5 Å². The molecular formula is C19H24N2O3. The molecule has 24 heavy (non-hydrogen) atoms. The average Bonchev–Trinajstić information content (AvgIpc) is 2.61. The first-order valence-corrected chi connectivity index (χ1v) is 7.70. The van der Waals surface area contributed by atoms with Crippen molar-refractivity contribution < 1.29 is 14.3 Å². The monoisotopic (exact) mass is 328 g/mol. The zero-order valence-corrected chi connectivity index (χ0v) is 14.9. The normalized spacial score (nSPS) is 10.2. The Kier molecular flexibility index (Phi) is 5.68. The van der Waals surface area contributed by atoms with Gasteiger partial charge in [0.2, 0.25) is 0 Å². The Balaban J connectivity index is 2.19. The first-order valence-electron chi connectivity index (χ1n) is 7.70. The van der Waals surface area contributed by atoms with Gasteiger partial charge >= 0.3 is 0 Å². The molecule has 1 amide bonds.